The third kappa shape index (κ3) is 5.24. The summed E-state index contributed by atoms with van der Waals surface area (Å²) in [5, 5.41) is 0. The van der Waals surface area contributed by atoms with Crippen LogP contribution in [0.2, 0.25) is 0 Å². The first-order chi connectivity index (χ1) is 11.8. The van der Waals surface area contributed by atoms with E-state index in [4.69, 9.17) is 5.73 Å². The van der Waals surface area contributed by atoms with Gasteiger partial charge in [-0.15, -0.1) is 23.7 Å². The van der Waals surface area contributed by atoms with Crippen LogP contribution in [-0.2, 0) is 14.8 Å². The SMILES string of the molecule is COC(=O)c1ncsc1S(=O)(=O)NCC(N)c1ccc(C(C)C)cc1.Cl. The Morgan fingerprint density at radius 2 is 1.85 bits per heavy atom. The molecule has 1 aromatic heterocycles. The van der Waals surface area contributed by atoms with Crippen LogP contribution < -0.4 is 10.5 Å². The number of carbonyl (C=O) groups is 1. The lowest BCUT2D eigenvalue weighted by atomic mass is 9.99. The van der Waals surface area contributed by atoms with Gasteiger partial charge in [0.2, 0.25) is 0 Å². The van der Waals surface area contributed by atoms with E-state index in [0.717, 1.165) is 16.9 Å². The van der Waals surface area contributed by atoms with Crippen LogP contribution in [0, 0.1) is 0 Å². The average molecular weight is 420 g/mol. The molecule has 26 heavy (non-hydrogen) atoms. The molecule has 144 valence electrons. The number of nitrogens with two attached hydrogens (primary N) is 1. The summed E-state index contributed by atoms with van der Waals surface area (Å²) >= 11 is 0.850. The molecule has 0 aliphatic rings. The minimum atomic E-state index is -3.90. The third-order valence-corrected chi connectivity index (χ3v) is 6.48. The zero-order valence-corrected chi connectivity index (χ0v) is 17.1. The molecule has 0 radical (unpaired) electrons. The predicted octanol–water partition coefficient (Wildman–Crippen LogP) is 2.45. The minimum Gasteiger partial charge on any atom is -0.464 e. The van der Waals surface area contributed by atoms with Gasteiger partial charge in [0.1, 0.15) is 0 Å². The molecule has 2 rings (SSSR count). The Balaban J connectivity index is 0.00000338. The van der Waals surface area contributed by atoms with Gasteiger partial charge in [-0.2, -0.15) is 0 Å². The summed E-state index contributed by atoms with van der Waals surface area (Å²) in [4.78, 5) is 15.4. The van der Waals surface area contributed by atoms with Gasteiger partial charge in [-0.25, -0.2) is 22.9 Å². The zero-order valence-electron chi connectivity index (χ0n) is 14.6. The number of hydrogen-bond acceptors (Lipinski definition) is 7. The first kappa shape index (κ1) is 22.5. The second-order valence-electron chi connectivity index (χ2n) is 5.76. The van der Waals surface area contributed by atoms with Crippen molar-refractivity contribution in [2.24, 2.45) is 5.73 Å². The van der Waals surface area contributed by atoms with Gasteiger partial charge in [0.15, 0.2) is 9.90 Å². The lowest BCUT2D eigenvalue weighted by Crippen LogP contribution is -2.32. The van der Waals surface area contributed by atoms with E-state index in [2.05, 4.69) is 28.3 Å². The smallest absolute Gasteiger partial charge is 0.358 e. The summed E-state index contributed by atoms with van der Waals surface area (Å²) in [7, 11) is -2.73. The number of nitrogens with zero attached hydrogens (tertiary/aromatic N) is 1. The Morgan fingerprint density at radius 3 is 2.38 bits per heavy atom. The highest BCUT2D eigenvalue weighted by Crippen LogP contribution is 2.21. The Bertz CT molecular complexity index is 835. The van der Waals surface area contributed by atoms with E-state index in [-0.39, 0.29) is 28.9 Å². The normalized spacial score (nSPS) is 12.5. The fraction of sp³-hybridized carbons (Fsp3) is 0.375. The van der Waals surface area contributed by atoms with Crippen molar-refractivity contribution in [1.29, 1.82) is 0 Å². The Kier molecular flexibility index (Phi) is 8.16. The van der Waals surface area contributed by atoms with E-state index in [1.807, 2.05) is 24.3 Å². The number of thiazole rings is 1. The molecule has 2 aromatic rings. The molecule has 1 atom stereocenters. The van der Waals surface area contributed by atoms with Gasteiger partial charge in [0, 0.05) is 12.6 Å². The molecule has 0 saturated carbocycles. The molecule has 3 N–H and O–H groups in total. The zero-order chi connectivity index (χ0) is 18.6. The summed E-state index contributed by atoms with van der Waals surface area (Å²) < 4.78 is 31.6. The second kappa shape index (κ2) is 9.43. The number of rotatable bonds is 7. The van der Waals surface area contributed by atoms with Gasteiger partial charge in [-0.3, -0.25) is 0 Å². The van der Waals surface area contributed by atoms with E-state index in [0.29, 0.717) is 5.92 Å². The van der Waals surface area contributed by atoms with Crippen LogP contribution in [0.3, 0.4) is 0 Å². The van der Waals surface area contributed by atoms with Gasteiger partial charge in [-0.1, -0.05) is 38.1 Å². The van der Waals surface area contributed by atoms with Crippen LogP contribution in [0.25, 0.3) is 0 Å². The maximum absolute atomic E-state index is 12.4. The van der Waals surface area contributed by atoms with Crippen LogP contribution in [0.1, 0.15) is 47.4 Å². The second-order valence-corrected chi connectivity index (χ2v) is 8.58. The van der Waals surface area contributed by atoms with Crippen LogP contribution in [0.15, 0.2) is 34.0 Å². The summed E-state index contributed by atoms with van der Waals surface area (Å²) in [5.41, 5.74) is 9.14. The van der Waals surface area contributed by atoms with Crippen molar-refractivity contribution in [2.75, 3.05) is 13.7 Å². The molecule has 1 aromatic carbocycles. The van der Waals surface area contributed by atoms with Gasteiger partial charge < -0.3 is 10.5 Å². The van der Waals surface area contributed by atoms with E-state index >= 15 is 0 Å². The molecule has 1 heterocycles. The summed E-state index contributed by atoms with van der Waals surface area (Å²) in [6.07, 6.45) is 0. The molecule has 0 saturated heterocycles. The van der Waals surface area contributed by atoms with Crippen molar-refractivity contribution < 1.29 is 17.9 Å². The van der Waals surface area contributed by atoms with E-state index < -0.39 is 22.0 Å². The van der Waals surface area contributed by atoms with Crippen molar-refractivity contribution in [1.82, 2.24) is 9.71 Å². The predicted molar refractivity (Wildman–Crippen MR) is 103 cm³/mol. The van der Waals surface area contributed by atoms with E-state index in [1.54, 1.807) is 0 Å². The van der Waals surface area contributed by atoms with E-state index in [9.17, 15) is 13.2 Å². The van der Waals surface area contributed by atoms with Crippen molar-refractivity contribution in [3.63, 3.8) is 0 Å². The van der Waals surface area contributed by atoms with Gasteiger partial charge in [0.05, 0.1) is 12.6 Å². The molecular weight excluding hydrogens is 398 g/mol. The Morgan fingerprint density at radius 1 is 1.27 bits per heavy atom. The van der Waals surface area contributed by atoms with Crippen LogP contribution in [0.4, 0.5) is 0 Å². The topological polar surface area (TPSA) is 111 Å². The molecule has 7 nitrogen and oxygen atoms in total. The number of esters is 1. The highest BCUT2D eigenvalue weighted by Gasteiger charge is 2.26. The number of methoxy groups -OCH3 is 1. The minimum absolute atomic E-state index is 0. The summed E-state index contributed by atoms with van der Waals surface area (Å²) in [6, 6.07) is 7.23. The number of sulfonamides is 1. The van der Waals surface area contributed by atoms with E-state index in [1.165, 1.54) is 18.2 Å². The third-order valence-electron chi connectivity index (χ3n) is 3.68. The standard InChI is InChI=1S/C16H21N3O4S2.ClH/c1-10(2)11-4-6-12(7-5-11)13(17)8-19-25(21,22)16-14(15(20)23-3)18-9-24-16;/h4-7,9-10,13,19H,8,17H2,1-3H3;1H. The molecule has 0 aliphatic carbocycles. The molecule has 10 heteroatoms. The molecule has 0 spiro atoms. The van der Waals surface area contributed by atoms with Crippen LogP contribution in [-0.4, -0.2) is 33.0 Å². The van der Waals surface area contributed by atoms with Gasteiger partial charge in [-0.05, 0) is 17.0 Å². The van der Waals surface area contributed by atoms with Gasteiger partial charge in [0.25, 0.3) is 10.0 Å². The lowest BCUT2D eigenvalue weighted by Gasteiger charge is -2.14. The maximum Gasteiger partial charge on any atom is 0.358 e. The Labute approximate surface area is 163 Å². The number of ether oxygens (including phenoxy) is 1. The number of halogens is 1. The quantitative estimate of drug-likeness (QED) is 0.666. The number of hydrogen-bond donors (Lipinski definition) is 2. The van der Waals surface area contributed by atoms with Crippen molar-refractivity contribution in [3.8, 4) is 0 Å². The summed E-state index contributed by atoms with van der Waals surface area (Å²) in [6.45, 7) is 4.19. The fourth-order valence-electron chi connectivity index (χ4n) is 2.17. The molecule has 0 amide bonds. The number of nitrogens with one attached hydrogen (secondary N) is 1. The maximum atomic E-state index is 12.4. The molecular formula is C16H22ClN3O4S2. The lowest BCUT2D eigenvalue weighted by molar-refractivity contribution is 0.0590. The van der Waals surface area contributed by atoms with Crippen molar-refractivity contribution in [2.45, 2.75) is 30.0 Å². The number of aromatic nitrogens is 1. The number of carbonyl (C=O) groups excluding carboxylic acids is 1. The summed E-state index contributed by atoms with van der Waals surface area (Å²) in [5.74, 6) is -0.387. The monoisotopic (exact) mass is 419 g/mol. The first-order valence-electron chi connectivity index (χ1n) is 7.63. The highest BCUT2D eigenvalue weighted by molar-refractivity contribution is 7.91. The molecule has 0 fully saturated rings. The van der Waals surface area contributed by atoms with Crippen LogP contribution >= 0.6 is 23.7 Å². The molecule has 1 unspecified atom stereocenters. The van der Waals surface area contributed by atoms with Crippen LogP contribution in [0.5, 0.6) is 0 Å². The number of benzene rings is 1. The largest absolute Gasteiger partial charge is 0.464 e. The van der Waals surface area contributed by atoms with Crippen molar-refractivity contribution >= 4 is 39.7 Å². The fourth-order valence-corrected chi connectivity index (χ4v) is 4.40. The average Bonchev–Trinajstić information content (AvgIpc) is 3.10. The highest BCUT2D eigenvalue weighted by atomic mass is 35.5. The molecule has 0 aliphatic heterocycles. The molecule has 0 bridgehead atoms. The first-order valence-corrected chi connectivity index (χ1v) is 9.99. The Hall–Kier alpha value is -1.52. The van der Waals surface area contributed by atoms with Crippen molar-refractivity contribution in [3.05, 3.63) is 46.6 Å². The van der Waals surface area contributed by atoms with Gasteiger partial charge >= 0.3 is 5.97 Å².